The number of hydrogen-bond acceptors (Lipinski definition) is 3. The van der Waals surface area contributed by atoms with Crippen LogP contribution in [0.4, 0.5) is 0 Å². The van der Waals surface area contributed by atoms with E-state index in [1.165, 1.54) is 12.3 Å². The molecule has 1 N–H and O–H groups in total. The lowest BCUT2D eigenvalue weighted by Gasteiger charge is -1.95. The van der Waals surface area contributed by atoms with Crippen LogP contribution < -0.4 is 0 Å². The Morgan fingerprint density at radius 1 is 1.54 bits per heavy atom. The summed E-state index contributed by atoms with van der Waals surface area (Å²) >= 11 is 5.73. The third kappa shape index (κ3) is 2.94. The van der Waals surface area contributed by atoms with E-state index in [1.54, 1.807) is 12.1 Å². The maximum atomic E-state index is 8.49. The van der Waals surface area contributed by atoms with Gasteiger partial charge in [-0.05, 0) is 12.1 Å². The van der Waals surface area contributed by atoms with Gasteiger partial charge in [0.1, 0.15) is 0 Å². The van der Waals surface area contributed by atoms with Crippen molar-refractivity contribution in [3.05, 3.63) is 34.3 Å². The molecule has 0 aliphatic carbocycles. The summed E-state index contributed by atoms with van der Waals surface area (Å²) in [6, 6.07) is 6.67. The van der Waals surface area contributed by atoms with Crippen molar-refractivity contribution in [3.8, 4) is 6.07 Å². The molecule has 0 radical (unpaired) electrons. The van der Waals surface area contributed by atoms with Gasteiger partial charge in [-0.15, -0.1) is 12.4 Å². The smallest absolute Gasteiger partial charge is 0.0992 e. The molecule has 1 rings (SSSR count). The highest BCUT2D eigenvalue weighted by Crippen LogP contribution is 2.15. The number of nitrogens with zero attached hydrogens (tertiary/aromatic N) is 2. The van der Waals surface area contributed by atoms with Gasteiger partial charge in [0.2, 0.25) is 0 Å². The molecule has 0 fully saturated rings. The van der Waals surface area contributed by atoms with Gasteiger partial charge in [-0.2, -0.15) is 5.26 Å². The maximum absolute atomic E-state index is 8.49. The number of nitriles is 1. The van der Waals surface area contributed by atoms with Crippen molar-refractivity contribution in [2.24, 2.45) is 5.16 Å². The fourth-order valence-corrected chi connectivity index (χ4v) is 0.993. The van der Waals surface area contributed by atoms with Crippen LogP contribution in [-0.4, -0.2) is 11.4 Å². The number of oxime groups is 1. The van der Waals surface area contributed by atoms with Gasteiger partial charge in [-0.25, -0.2) is 0 Å². The first-order chi connectivity index (χ1) is 5.77. The van der Waals surface area contributed by atoms with Crippen molar-refractivity contribution < 1.29 is 5.21 Å². The molecule has 0 heterocycles. The lowest BCUT2D eigenvalue weighted by Crippen LogP contribution is -1.84. The van der Waals surface area contributed by atoms with Crippen LogP contribution >= 0.6 is 24.0 Å². The van der Waals surface area contributed by atoms with Crippen LogP contribution in [0.1, 0.15) is 11.1 Å². The Bertz CT molecular complexity index is 358. The standard InChI is InChI=1S/C8H5ClN2O.ClH/c9-8-3-6(4-10)1-2-7(8)5-11-12;/h1-3,5,12H;1H. The van der Waals surface area contributed by atoms with Gasteiger partial charge < -0.3 is 5.21 Å². The summed E-state index contributed by atoms with van der Waals surface area (Å²) in [4.78, 5) is 0. The van der Waals surface area contributed by atoms with Gasteiger partial charge in [-0.1, -0.05) is 22.8 Å². The van der Waals surface area contributed by atoms with Crippen LogP contribution in [0.3, 0.4) is 0 Å². The molecule has 1 aromatic rings. The molecule has 1 aromatic carbocycles. The van der Waals surface area contributed by atoms with E-state index in [9.17, 15) is 0 Å². The number of halogens is 2. The summed E-state index contributed by atoms with van der Waals surface area (Å²) in [5.41, 5.74) is 1.06. The summed E-state index contributed by atoms with van der Waals surface area (Å²) in [5, 5.41) is 19.9. The Morgan fingerprint density at radius 2 is 2.23 bits per heavy atom. The quantitative estimate of drug-likeness (QED) is 0.446. The SMILES string of the molecule is Cl.N#Cc1ccc(C=NO)c(Cl)c1. The zero-order chi connectivity index (χ0) is 8.97. The Hall–Kier alpha value is -1.24. The van der Waals surface area contributed by atoms with E-state index in [1.807, 2.05) is 6.07 Å². The zero-order valence-corrected chi connectivity index (χ0v) is 8.01. The first-order valence-corrected chi connectivity index (χ1v) is 3.53. The van der Waals surface area contributed by atoms with Crippen molar-refractivity contribution in [2.45, 2.75) is 0 Å². The second kappa shape index (κ2) is 5.41. The summed E-state index contributed by atoms with van der Waals surface area (Å²) in [7, 11) is 0. The number of hydrogen-bond donors (Lipinski definition) is 1. The second-order valence-corrected chi connectivity index (χ2v) is 2.50. The largest absolute Gasteiger partial charge is 0.411 e. The Kier molecular flexibility index (Phi) is 4.90. The van der Waals surface area contributed by atoms with Crippen molar-refractivity contribution in [2.75, 3.05) is 0 Å². The molecule has 0 spiro atoms. The fraction of sp³-hybridized carbons (Fsp3) is 0. The molecule has 0 saturated carbocycles. The van der Waals surface area contributed by atoms with Crippen molar-refractivity contribution in [1.29, 1.82) is 5.26 Å². The minimum Gasteiger partial charge on any atom is -0.411 e. The highest BCUT2D eigenvalue weighted by Gasteiger charge is 1.98. The lowest BCUT2D eigenvalue weighted by molar-refractivity contribution is 0.322. The molecule has 0 saturated heterocycles. The Morgan fingerprint density at radius 3 is 2.69 bits per heavy atom. The summed E-state index contributed by atoms with van der Waals surface area (Å²) < 4.78 is 0. The minimum atomic E-state index is 0. The average molecular weight is 217 g/mol. The third-order valence-electron chi connectivity index (χ3n) is 1.33. The van der Waals surface area contributed by atoms with E-state index in [0.717, 1.165) is 0 Å². The van der Waals surface area contributed by atoms with Crippen LogP contribution in [0.15, 0.2) is 23.4 Å². The second-order valence-electron chi connectivity index (χ2n) is 2.09. The van der Waals surface area contributed by atoms with E-state index in [4.69, 9.17) is 22.1 Å². The van der Waals surface area contributed by atoms with E-state index >= 15 is 0 Å². The molecule has 0 aromatic heterocycles. The van der Waals surface area contributed by atoms with Crippen molar-refractivity contribution in [3.63, 3.8) is 0 Å². The Balaban J connectivity index is 0.00000144. The molecule has 0 aliphatic rings. The Labute approximate surface area is 86.7 Å². The van der Waals surface area contributed by atoms with E-state index in [0.29, 0.717) is 16.1 Å². The number of benzene rings is 1. The van der Waals surface area contributed by atoms with Crippen LogP contribution in [-0.2, 0) is 0 Å². The number of rotatable bonds is 1. The molecule has 0 aliphatic heterocycles. The van der Waals surface area contributed by atoms with E-state index in [-0.39, 0.29) is 12.4 Å². The summed E-state index contributed by atoms with van der Waals surface area (Å²) in [6.07, 6.45) is 1.21. The van der Waals surface area contributed by atoms with Gasteiger partial charge >= 0.3 is 0 Å². The maximum Gasteiger partial charge on any atom is 0.0992 e. The predicted octanol–water partition coefficient (Wildman–Crippen LogP) is 2.44. The highest BCUT2D eigenvalue weighted by molar-refractivity contribution is 6.33. The zero-order valence-electron chi connectivity index (χ0n) is 6.44. The molecule has 0 unspecified atom stereocenters. The first-order valence-electron chi connectivity index (χ1n) is 3.15. The molecule has 0 amide bonds. The molecular formula is C8H6Cl2N2O. The molecule has 0 bridgehead atoms. The molecule has 3 nitrogen and oxygen atoms in total. The summed E-state index contributed by atoms with van der Waals surface area (Å²) in [5.74, 6) is 0. The molecule has 68 valence electrons. The van der Waals surface area contributed by atoms with E-state index < -0.39 is 0 Å². The fourth-order valence-electron chi connectivity index (χ4n) is 0.764. The molecular weight excluding hydrogens is 211 g/mol. The topological polar surface area (TPSA) is 56.4 Å². The van der Waals surface area contributed by atoms with Crippen LogP contribution in [0, 0.1) is 11.3 Å². The first kappa shape index (κ1) is 11.8. The van der Waals surface area contributed by atoms with Crippen LogP contribution in [0.5, 0.6) is 0 Å². The molecule has 5 heteroatoms. The van der Waals surface area contributed by atoms with Crippen molar-refractivity contribution >= 4 is 30.2 Å². The molecule has 0 atom stereocenters. The normalized spacial score (nSPS) is 9.23. The third-order valence-corrected chi connectivity index (χ3v) is 1.65. The predicted molar refractivity (Wildman–Crippen MR) is 52.8 cm³/mol. The molecule has 13 heavy (non-hydrogen) atoms. The van der Waals surface area contributed by atoms with Gasteiger partial charge in [0, 0.05) is 5.56 Å². The van der Waals surface area contributed by atoms with Gasteiger partial charge in [-0.3, -0.25) is 0 Å². The van der Waals surface area contributed by atoms with Crippen LogP contribution in [0.2, 0.25) is 5.02 Å². The monoisotopic (exact) mass is 216 g/mol. The van der Waals surface area contributed by atoms with Gasteiger partial charge in [0.05, 0.1) is 22.9 Å². The van der Waals surface area contributed by atoms with E-state index in [2.05, 4.69) is 5.16 Å². The average Bonchev–Trinajstić information content (AvgIpc) is 2.09. The van der Waals surface area contributed by atoms with Gasteiger partial charge in [0.15, 0.2) is 0 Å². The van der Waals surface area contributed by atoms with Crippen LogP contribution in [0.25, 0.3) is 0 Å². The minimum absolute atomic E-state index is 0. The van der Waals surface area contributed by atoms with Gasteiger partial charge in [0.25, 0.3) is 0 Å². The lowest BCUT2D eigenvalue weighted by atomic mass is 10.2. The highest BCUT2D eigenvalue weighted by atomic mass is 35.5. The summed E-state index contributed by atoms with van der Waals surface area (Å²) in [6.45, 7) is 0. The van der Waals surface area contributed by atoms with Crippen molar-refractivity contribution in [1.82, 2.24) is 0 Å².